The first-order valence-corrected chi connectivity index (χ1v) is 13.8. The van der Waals surface area contributed by atoms with E-state index in [1.54, 1.807) is 4.88 Å². The number of carbonyl (C=O) groups excluding carboxylic acids is 1. The number of amides is 1. The van der Waals surface area contributed by atoms with Gasteiger partial charge in [0, 0.05) is 43.4 Å². The van der Waals surface area contributed by atoms with Crippen molar-refractivity contribution < 1.29 is 4.79 Å². The number of aromatic nitrogens is 2. The average molecular weight is 455 g/mol. The lowest BCUT2D eigenvalue weighted by molar-refractivity contribution is -0.136. The molecule has 0 bridgehead atoms. The summed E-state index contributed by atoms with van der Waals surface area (Å²) in [5.41, 5.74) is 1.52. The molecule has 3 heterocycles. The van der Waals surface area contributed by atoms with Crippen molar-refractivity contribution in [2.75, 3.05) is 31.1 Å². The van der Waals surface area contributed by atoms with Gasteiger partial charge in [-0.05, 0) is 50.0 Å². The highest BCUT2D eigenvalue weighted by atomic mass is 32.1. The van der Waals surface area contributed by atoms with Gasteiger partial charge in [0.05, 0.1) is 5.39 Å². The number of hydrogen-bond donors (Lipinski definition) is 0. The van der Waals surface area contributed by atoms with Gasteiger partial charge in [-0.1, -0.05) is 39.5 Å². The van der Waals surface area contributed by atoms with Gasteiger partial charge in [-0.25, -0.2) is 9.97 Å². The molecule has 0 unspecified atom stereocenters. The Balaban J connectivity index is 1.41. The zero-order valence-electron chi connectivity index (χ0n) is 19.9. The quantitative estimate of drug-likeness (QED) is 0.582. The third kappa shape index (κ3) is 4.52. The van der Waals surface area contributed by atoms with E-state index in [9.17, 15) is 4.79 Å². The highest BCUT2D eigenvalue weighted by Crippen LogP contribution is 2.39. The molecule has 1 saturated heterocycles. The molecule has 2 aromatic rings. The maximum atomic E-state index is 13.1. The summed E-state index contributed by atoms with van der Waals surface area (Å²) >= 11 is 1.91. The molecular weight excluding hydrogens is 416 g/mol. The molecule has 0 radical (unpaired) electrons. The van der Waals surface area contributed by atoms with Crippen molar-refractivity contribution in [2.45, 2.75) is 84.5 Å². The molecule has 0 aromatic carbocycles. The Morgan fingerprint density at radius 1 is 0.969 bits per heavy atom. The van der Waals surface area contributed by atoms with Gasteiger partial charge in [-0.3, -0.25) is 4.79 Å². The van der Waals surface area contributed by atoms with E-state index in [1.165, 1.54) is 60.7 Å². The maximum absolute atomic E-state index is 13.1. The van der Waals surface area contributed by atoms with E-state index >= 15 is 0 Å². The van der Waals surface area contributed by atoms with E-state index in [0.717, 1.165) is 63.5 Å². The molecule has 0 spiro atoms. The predicted molar refractivity (Wildman–Crippen MR) is 133 cm³/mol. The van der Waals surface area contributed by atoms with Crippen LogP contribution in [0.15, 0.2) is 0 Å². The Bertz CT molecular complexity index is 954. The van der Waals surface area contributed by atoms with Crippen LogP contribution in [0, 0.1) is 11.8 Å². The van der Waals surface area contributed by atoms with Gasteiger partial charge in [0.25, 0.3) is 0 Å². The van der Waals surface area contributed by atoms with Gasteiger partial charge in [-0.15, -0.1) is 11.3 Å². The number of piperazine rings is 1. The van der Waals surface area contributed by atoms with Crippen molar-refractivity contribution in [1.82, 2.24) is 14.9 Å². The highest BCUT2D eigenvalue weighted by Gasteiger charge is 2.30. The van der Waals surface area contributed by atoms with Gasteiger partial charge in [-0.2, -0.15) is 0 Å². The summed E-state index contributed by atoms with van der Waals surface area (Å²) < 4.78 is 0. The molecule has 1 saturated carbocycles. The fourth-order valence-corrected chi connectivity index (χ4v) is 7.06. The fraction of sp³-hybridized carbons (Fsp3) is 0.731. The molecule has 2 aliphatic carbocycles. The van der Waals surface area contributed by atoms with Crippen LogP contribution in [0.5, 0.6) is 0 Å². The van der Waals surface area contributed by atoms with Crippen molar-refractivity contribution in [2.24, 2.45) is 11.8 Å². The monoisotopic (exact) mass is 454 g/mol. The molecule has 3 aliphatic rings. The normalized spacial score (nSPS) is 20.6. The lowest BCUT2D eigenvalue weighted by atomic mass is 9.88. The summed E-state index contributed by atoms with van der Waals surface area (Å²) in [6.45, 7) is 7.91. The van der Waals surface area contributed by atoms with Crippen molar-refractivity contribution in [3.05, 3.63) is 16.3 Å². The first-order valence-electron chi connectivity index (χ1n) is 12.9. The summed E-state index contributed by atoms with van der Waals surface area (Å²) in [5.74, 6) is 3.35. The number of thiophene rings is 1. The van der Waals surface area contributed by atoms with Crippen LogP contribution >= 0.6 is 11.3 Å². The van der Waals surface area contributed by atoms with Crippen LogP contribution in [0.4, 0.5) is 5.82 Å². The molecule has 32 heavy (non-hydrogen) atoms. The Labute approximate surface area is 196 Å². The van der Waals surface area contributed by atoms with Gasteiger partial charge in [0.1, 0.15) is 16.5 Å². The van der Waals surface area contributed by atoms with Crippen molar-refractivity contribution in [3.63, 3.8) is 0 Å². The fourth-order valence-electron chi connectivity index (χ4n) is 5.79. The number of rotatable bonds is 4. The average Bonchev–Trinajstić information content (AvgIpc) is 2.99. The number of carbonyl (C=O) groups is 1. The topological polar surface area (TPSA) is 49.3 Å². The van der Waals surface area contributed by atoms with E-state index in [2.05, 4.69) is 23.6 Å². The molecule has 0 N–H and O–H groups in total. The smallest absolute Gasteiger partial charge is 0.225 e. The van der Waals surface area contributed by atoms with Crippen LogP contribution < -0.4 is 4.90 Å². The Kier molecular flexibility index (Phi) is 6.68. The number of hydrogen-bond acceptors (Lipinski definition) is 5. The van der Waals surface area contributed by atoms with Gasteiger partial charge in [0.15, 0.2) is 0 Å². The SMILES string of the molecule is CC(C)Cc1nc(N2CCN(C(=O)C3CCCCC3)CC2)c2c3c(sc2n1)CCCCC3. The van der Waals surface area contributed by atoms with Gasteiger partial charge < -0.3 is 9.80 Å². The summed E-state index contributed by atoms with van der Waals surface area (Å²) in [6, 6.07) is 0. The second kappa shape index (κ2) is 9.66. The number of aryl methyl sites for hydroxylation is 2. The Hall–Kier alpha value is -1.69. The largest absolute Gasteiger partial charge is 0.352 e. The maximum Gasteiger partial charge on any atom is 0.225 e. The third-order valence-electron chi connectivity index (χ3n) is 7.53. The van der Waals surface area contributed by atoms with Crippen molar-refractivity contribution in [1.29, 1.82) is 0 Å². The summed E-state index contributed by atoms with van der Waals surface area (Å²) in [7, 11) is 0. The molecule has 174 valence electrons. The van der Waals surface area contributed by atoms with E-state index < -0.39 is 0 Å². The molecule has 5 rings (SSSR count). The van der Waals surface area contributed by atoms with Crippen LogP contribution in [-0.4, -0.2) is 47.0 Å². The first-order chi connectivity index (χ1) is 15.6. The second-order valence-corrected chi connectivity index (χ2v) is 11.5. The number of nitrogens with zero attached hydrogens (tertiary/aromatic N) is 4. The minimum atomic E-state index is 0.270. The highest BCUT2D eigenvalue weighted by molar-refractivity contribution is 7.19. The van der Waals surface area contributed by atoms with Gasteiger partial charge in [0.2, 0.25) is 5.91 Å². The molecule has 2 fully saturated rings. The second-order valence-electron chi connectivity index (χ2n) is 10.5. The molecule has 5 nitrogen and oxygen atoms in total. The third-order valence-corrected chi connectivity index (χ3v) is 8.71. The summed E-state index contributed by atoms with van der Waals surface area (Å²) in [6.07, 6.45) is 13.1. The molecule has 6 heteroatoms. The van der Waals surface area contributed by atoms with E-state index in [1.807, 2.05) is 11.3 Å². The number of fused-ring (bicyclic) bond motifs is 3. The lowest BCUT2D eigenvalue weighted by Crippen LogP contribution is -2.51. The van der Waals surface area contributed by atoms with Crippen LogP contribution in [0.25, 0.3) is 10.2 Å². The first kappa shape index (κ1) is 22.1. The zero-order valence-corrected chi connectivity index (χ0v) is 20.7. The predicted octanol–water partition coefficient (Wildman–Crippen LogP) is 5.39. The van der Waals surface area contributed by atoms with E-state index in [-0.39, 0.29) is 5.92 Å². The molecule has 1 aliphatic heterocycles. The van der Waals surface area contributed by atoms with Crippen LogP contribution in [-0.2, 0) is 24.1 Å². The molecule has 0 atom stereocenters. The van der Waals surface area contributed by atoms with Crippen LogP contribution in [0.2, 0.25) is 0 Å². The van der Waals surface area contributed by atoms with Crippen LogP contribution in [0.3, 0.4) is 0 Å². The zero-order chi connectivity index (χ0) is 22.1. The minimum absolute atomic E-state index is 0.270. The van der Waals surface area contributed by atoms with Crippen LogP contribution in [0.1, 0.15) is 81.5 Å². The minimum Gasteiger partial charge on any atom is -0.352 e. The van der Waals surface area contributed by atoms with Gasteiger partial charge >= 0.3 is 0 Å². The van der Waals surface area contributed by atoms with E-state index in [0.29, 0.717) is 11.8 Å². The molecule has 2 aromatic heterocycles. The summed E-state index contributed by atoms with van der Waals surface area (Å²) in [5, 5.41) is 1.33. The molecule has 1 amide bonds. The lowest BCUT2D eigenvalue weighted by Gasteiger charge is -2.38. The summed E-state index contributed by atoms with van der Waals surface area (Å²) in [4.78, 5) is 30.6. The van der Waals surface area contributed by atoms with Crippen molar-refractivity contribution in [3.8, 4) is 0 Å². The molecular formula is C26H38N4OS. The van der Waals surface area contributed by atoms with E-state index in [4.69, 9.17) is 9.97 Å². The number of anilines is 1. The Morgan fingerprint density at radius 3 is 2.44 bits per heavy atom. The standard InChI is InChI=1S/C26H38N4OS/c1-18(2)17-22-27-24(23-20-11-7-4-8-12-21(20)32-25(23)28-22)29-13-15-30(16-14-29)26(31)19-9-5-3-6-10-19/h18-19H,3-17H2,1-2H3. The Morgan fingerprint density at radius 2 is 1.69 bits per heavy atom. The van der Waals surface area contributed by atoms with Crippen molar-refractivity contribution >= 4 is 33.3 Å².